The van der Waals surface area contributed by atoms with Crippen LogP contribution in [0.1, 0.15) is 22.3 Å². The van der Waals surface area contributed by atoms with Crippen LogP contribution in [0.2, 0.25) is 0 Å². The minimum absolute atomic E-state index is 0.00345. The van der Waals surface area contributed by atoms with Crippen molar-refractivity contribution in [3.8, 4) is 5.75 Å². The van der Waals surface area contributed by atoms with E-state index in [1.807, 2.05) is 30.3 Å². The van der Waals surface area contributed by atoms with Gasteiger partial charge in [-0.1, -0.05) is 30.3 Å². The summed E-state index contributed by atoms with van der Waals surface area (Å²) in [5, 5.41) is 0. The van der Waals surface area contributed by atoms with Crippen LogP contribution >= 0.6 is 0 Å². The van der Waals surface area contributed by atoms with E-state index in [0.29, 0.717) is 17.9 Å². The van der Waals surface area contributed by atoms with E-state index >= 15 is 0 Å². The van der Waals surface area contributed by atoms with Crippen molar-refractivity contribution in [2.24, 2.45) is 5.92 Å². The zero-order valence-corrected chi connectivity index (χ0v) is 15.4. The predicted octanol–water partition coefficient (Wildman–Crippen LogP) is 1.46. The average Bonchev–Trinajstić information content (AvgIpc) is 3.05. The standard InChI is InChI=1S/C19H20N2O5S/c22-18(20-21-19(23)16-10-11-27(24,25)13-16)15-6-8-17(9-7-15)26-12-14-4-2-1-3-5-14/h1-9,16H,10-13H2,(H,20,22)(H,21,23)/t16-/m0/s1. The van der Waals surface area contributed by atoms with Gasteiger partial charge in [-0.2, -0.15) is 0 Å². The van der Waals surface area contributed by atoms with Crippen LogP contribution in [0.5, 0.6) is 5.75 Å². The van der Waals surface area contributed by atoms with Crippen LogP contribution in [-0.2, 0) is 21.2 Å². The lowest BCUT2D eigenvalue weighted by atomic mass is 10.1. The van der Waals surface area contributed by atoms with Gasteiger partial charge in [0.1, 0.15) is 12.4 Å². The molecule has 142 valence electrons. The van der Waals surface area contributed by atoms with Crippen LogP contribution in [0.15, 0.2) is 54.6 Å². The quantitative estimate of drug-likeness (QED) is 0.755. The number of hydrogen-bond acceptors (Lipinski definition) is 5. The SMILES string of the molecule is O=C(NNC(=O)[C@H]1CCS(=O)(=O)C1)c1ccc(OCc2ccccc2)cc1. The summed E-state index contributed by atoms with van der Waals surface area (Å²) in [7, 11) is -3.15. The Labute approximate surface area is 157 Å². The van der Waals surface area contributed by atoms with E-state index < -0.39 is 27.6 Å². The Hall–Kier alpha value is -2.87. The number of hydrogen-bond donors (Lipinski definition) is 2. The summed E-state index contributed by atoms with van der Waals surface area (Å²) in [6.45, 7) is 0.423. The van der Waals surface area contributed by atoms with Crippen LogP contribution < -0.4 is 15.6 Å². The summed E-state index contributed by atoms with van der Waals surface area (Å²) < 4.78 is 28.5. The fraction of sp³-hybridized carbons (Fsp3) is 0.263. The van der Waals surface area contributed by atoms with Crippen LogP contribution in [0.25, 0.3) is 0 Å². The van der Waals surface area contributed by atoms with Crippen LogP contribution in [-0.4, -0.2) is 31.7 Å². The molecule has 0 aliphatic carbocycles. The van der Waals surface area contributed by atoms with Crippen molar-refractivity contribution < 1.29 is 22.7 Å². The number of amides is 2. The van der Waals surface area contributed by atoms with E-state index in [9.17, 15) is 18.0 Å². The molecule has 2 aromatic carbocycles. The van der Waals surface area contributed by atoms with Gasteiger partial charge in [0.25, 0.3) is 5.91 Å². The molecule has 0 aromatic heterocycles. The van der Waals surface area contributed by atoms with Crippen molar-refractivity contribution in [2.75, 3.05) is 11.5 Å². The summed E-state index contributed by atoms with van der Waals surface area (Å²) in [4.78, 5) is 24.0. The number of ether oxygens (including phenoxy) is 1. The van der Waals surface area contributed by atoms with Gasteiger partial charge in [-0.3, -0.25) is 20.4 Å². The Bertz CT molecular complexity index is 911. The fourth-order valence-electron chi connectivity index (χ4n) is 2.74. The van der Waals surface area contributed by atoms with Gasteiger partial charge in [0.15, 0.2) is 9.84 Å². The molecule has 27 heavy (non-hydrogen) atoms. The normalized spacial score (nSPS) is 17.9. The molecule has 3 rings (SSSR count). The van der Waals surface area contributed by atoms with Crippen LogP contribution in [0, 0.1) is 5.92 Å². The van der Waals surface area contributed by atoms with Gasteiger partial charge >= 0.3 is 0 Å². The van der Waals surface area contributed by atoms with E-state index in [0.717, 1.165) is 5.56 Å². The highest BCUT2D eigenvalue weighted by molar-refractivity contribution is 7.91. The number of carbonyl (C=O) groups is 2. The molecule has 1 heterocycles. The maximum Gasteiger partial charge on any atom is 0.269 e. The molecular weight excluding hydrogens is 368 g/mol. The van der Waals surface area contributed by atoms with Crippen molar-refractivity contribution in [3.05, 3.63) is 65.7 Å². The number of rotatable bonds is 5. The maximum absolute atomic E-state index is 12.1. The number of sulfone groups is 1. The molecule has 8 heteroatoms. The molecule has 2 amide bonds. The lowest BCUT2D eigenvalue weighted by molar-refractivity contribution is -0.125. The summed E-state index contributed by atoms with van der Waals surface area (Å²) in [6.07, 6.45) is 0.275. The highest BCUT2D eigenvalue weighted by atomic mass is 32.2. The van der Waals surface area contributed by atoms with Gasteiger partial charge in [0.05, 0.1) is 17.4 Å². The van der Waals surface area contributed by atoms with E-state index in [1.54, 1.807) is 24.3 Å². The number of nitrogens with one attached hydrogen (secondary N) is 2. The van der Waals surface area contributed by atoms with Gasteiger partial charge in [0, 0.05) is 5.56 Å². The van der Waals surface area contributed by atoms with Gasteiger partial charge in [-0.15, -0.1) is 0 Å². The van der Waals surface area contributed by atoms with Gasteiger partial charge in [-0.05, 0) is 36.2 Å². The largest absolute Gasteiger partial charge is 0.489 e. The summed E-state index contributed by atoms with van der Waals surface area (Å²) in [5.74, 6) is -1.16. The molecule has 1 aliphatic heterocycles. The van der Waals surface area contributed by atoms with Crippen molar-refractivity contribution in [1.29, 1.82) is 0 Å². The molecular formula is C19H20N2O5S. The summed E-state index contributed by atoms with van der Waals surface area (Å²) in [6, 6.07) is 16.2. The molecule has 7 nitrogen and oxygen atoms in total. The smallest absolute Gasteiger partial charge is 0.269 e. The minimum atomic E-state index is -3.15. The molecule has 0 bridgehead atoms. The number of hydrazine groups is 1. The molecule has 1 aliphatic rings. The molecule has 2 N–H and O–H groups in total. The second kappa shape index (κ2) is 8.22. The van der Waals surface area contributed by atoms with Crippen molar-refractivity contribution in [3.63, 3.8) is 0 Å². The number of carbonyl (C=O) groups excluding carboxylic acids is 2. The predicted molar refractivity (Wildman–Crippen MR) is 99.6 cm³/mol. The molecule has 0 saturated carbocycles. The van der Waals surface area contributed by atoms with Gasteiger partial charge in [-0.25, -0.2) is 8.42 Å². The number of benzene rings is 2. The lowest BCUT2D eigenvalue weighted by Crippen LogP contribution is -2.44. The molecule has 0 spiro atoms. The molecule has 0 unspecified atom stereocenters. The average molecular weight is 388 g/mol. The topological polar surface area (TPSA) is 102 Å². The molecule has 0 radical (unpaired) electrons. The second-order valence-corrected chi connectivity index (χ2v) is 8.57. The zero-order chi connectivity index (χ0) is 19.3. The Morgan fingerprint density at radius 2 is 1.70 bits per heavy atom. The van der Waals surface area contributed by atoms with E-state index in [-0.39, 0.29) is 17.9 Å². The second-order valence-electron chi connectivity index (χ2n) is 6.34. The first kappa shape index (κ1) is 18.9. The van der Waals surface area contributed by atoms with Gasteiger partial charge < -0.3 is 4.74 Å². The van der Waals surface area contributed by atoms with Crippen molar-refractivity contribution in [2.45, 2.75) is 13.0 Å². The highest BCUT2D eigenvalue weighted by Crippen LogP contribution is 2.18. The fourth-order valence-corrected chi connectivity index (χ4v) is 4.48. The Balaban J connectivity index is 1.48. The van der Waals surface area contributed by atoms with E-state index in [1.165, 1.54) is 0 Å². The third-order valence-corrected chi connectivity index (χ3v) is 6.04. The monoisotopic (exact) mass is 388 g/mol. The van der Waals surface area contributed by atoms with Crippen LogP contribution in [0.4, 0.5) is 0 Å². The third kappa shape index (κ3) is 5.30. The Kier molecular flexibility index (Phi) is 5.75. The first-order valence-electron chi connectivity index (χ1n) is 8.50. The molecule has 1 atom stereocenters. The Morgan fingerprint density at radius 3 is 2.33 bits per heavy atom. The lowest BCUT2D eigenvalue weighted by Gasteiger charge is -2.11. The van der Waals surface area contributed by atoms with E-state index in [4.69, 9.17) is 4.74 Å². The van der Waals surface area contributed by atoms with Crippen LogP contribution in [0.3, 0.4) is 0 Å². The first-order chi connectivity index (χ1) is 12.9. The van der Waals surface area contributed by atoms with E-state index in [2.05, 4.69) is 10.9 Å². The molecule has 1 fully saturated rings. The zero-order valence-electron chi connectivity index (χ0n) is 14.6. The summed E-state index contributed by atoms with van der Waals surface area (Å²) >= 11 is 0. The first-order valence-corrected chi connectivity index (χ1v) is 10.3. The third-order valence-electron chi connectivity index (χ3n) is 4.27. The highest BCUT2D eigenvalue weighted by Gasteiger charge is 2.33. The molecule has 1 saturated heterocycles. The van der Waals surface area contributed by atoms with Gasteiger partial charge in [0.2, 0.25) is 5.91 Å². The summed E-state index contributed by atoms with van der Waals surface area (Å²) in [5.41, 5.74) is 5.98. The molecule has 2 aromatic rings. The van der Waals surface area contributed by atoms with Crippen molar-refractivity contribution >= 4 is 21.7 Å². The maximum atomic E-state index is 12.1. The Morgan fingerprint density at radius 1 is 1.00 bits per heavy atom. The van der Waals surface area contributed by atoms with Crippen molar-refractivity contribution in [1.82, 2.24) is 10.9 Å². The minimum Gasteiger partial charge on any atom is -0.489 e.